The van der Waals surface area contributed by atoms with Crippen molar-refractivity contribution in [2.24, 2.45) is 0 Å². The largest absolute Gasteiger partial charge is 0.383 e. The number of nitrogens with zero attached hydrogens (tertiary/aromatic N) is 3. The smallest absolute Gasteiger partial charge is 0.0729 e. The molecule has 1 N–H and O–H groups in total. The van der Waals surface area contributed by atoms with E-state index in [4.69, 9.17) is 9.47 Å². The van der Waals surface area contributed by atoms with Gasteiger partial charge in [-0.3, -0.25) is 4.68 Å². The second-order valence-corrected chi connectivity index (χ2v) is 6.63. The van der Waals surface area contributed by atoms with Gasteiger partial charge in [-0.1, -0.05) is 18.2 Å². The van der Waals surface area contributed by atoms with Crippen LogP contribution in [0.3, 0.4) is 0 Å². The van der Waals surface area contributed by atoms with Gasteiger partial charge >= 0.3 is 0 Å². The summed E-state index contributed by atoms with van der Waals surface area (Å²) in [6, 6.07) is 8.58. The molecule has 2 heterocycles. The van der Waals surface area contributed by atoms with Crippen molar-refractivity contribution >= 4 is 11.4 Å². The van der Waals surface area contributed by atoms with Crippen LogP contribution >= 0.6 is 0 Å². The van der Waals surface area contributed by atoms with Crippen LogP contribution in [-0.4, -0.2) is 48.8 Å². The van der Waals surface area contributed by atoms with Crippen molar-refractivity contribution in [1.29, 1.82) is 0 Å². The third kappa shape index (κ3) is 4.74. The summed E-state index contributed by atoms with van der Waals surface area (Å²) in [4.78, 5) is 2.43. The van der Waals surface area contributed by atoms with Crippen LogP contribution in [0.1, 0.15) is 19.4 Å². The van der Waals surface area contributed by atoms with Crippen LogP contribution in [0.15, 0.2) is 36.7 Å². The molecule has 0 saturated carbocycles. The number of morpholine rings is 1. The molecule has 0 aliphatic carbocycles. The van der Waals surface area contributed by atoms with Gasteiger partial charge < -0.3 is 19.7 Å². The van der Waals surface area contributed by atoms with E-state index >= 15 is 0 Å². The lowest BCUT2D eigenvalue weighted by atomic mass is 10.1. The van der Waals surface area contributed by atoms with Gasteiger partial charge in [-0.25, -0.2) is 0 Å². The van der Waals surface area contributed by atoms with E-state index in [0.717, 1.165) is 31.9 Å². The maximum Gasteiger partial charge on any atom is 0.0729 e. The number of hydrogen-bond donors (Lipinski definition) is 1. The fourth-order valence-corrected chi connectivity index (χ4v) is 3.30. The molecule has 0 radical (unpaired) electrons. The molecule has 0 spiro atoms. The van der Waals surface area contributed by atoms with Crippen molar-refractivity contribution in [2.75, 3.05) is 37.0 Å². The number of para-hydroxylation sites is 1. The highest BCUT2D eigenvalue weighted by Crippen LogP contribution is 2.25. The number of rotatable bonds is 7. The van der Waals surface area contributed by atoms with Crippen LogP contribution in [0.25, 0.3) is 0 Å². The van der Waals surface area contributed by atoms with Gasteiger partial charge in [-0.2, -0.15) is 5.10 Å². The fraction of sp³-hybridized carbons (Fsp3) is 0.526. The zero-order valence-electron chi connectivity index (χ0n) is 15.3. The van der Waals surface area contributed by atoms with Crippen molar-refractivity contribution in [1.82, 2.24) is 9.78 Å². The minimum Gasteiger partial charge on any atom is -0.383 e. The molecule has 1 aromatic carbocycles. The third-order valence-electron chi connectivity index (χ3n) is 4.39. The molecule has 6 nitrogen and oxygen atoms in total. The first-order valence-corrected chi connectivity index (χ1v) is 8.89. The van der Waals surface area contributed by atoms with Crippen LogP contribution in [0.5, 0.6) is 0 Å². The zero-order chi connectivity index (χ0) is 17.6. The van der Waals surface area contributed by atoms with Crippen LogP contribution in [0.4, 0.5) is 11.4 Å². The van der Waals surface area contributed by atoms with Crippen molar-refractivity contribution in [2.45, 2.75) is 39.1 Å². The van der Waals surface area contributed by atoms with Gasteiger partial charge in [0, 0.05) is 38.6 Å². The Hall–Kier alpha value is -2.05. The Labute approximate surface area is 149 Å². The van der Waals surface area contributed by atoms with Gasteiger partial charge in [-0.15, -0.1) is 0 Å². The molecule has 25 heavy (non-hydrogen) atoms. The molecule has 1 aliphatic rings. The molecule has 1 aromatic heterocycles. The molecule has 0 unspecified atom stereocenters. The van der Waals surface area contributed by atoms with E-state index in [1.54, 1.807) is 7.11 Å². The summed E-state index contributed by atoms with van der Waals surface area (Å²) in [7, 11) is 1.70. The highest BCUT2D eigenvalue weighted by Gasteiger charge is 2.23. The van der Waals surface area contributed by atoms with Gasteiger partial charge in [0.2, 0.25) is 0 Å². The van der Waals surface area contributed by atoms with Crippen molar-refractivity contribution in [3.05, 3.63) is 42.2 Å². The van der Waals surface area contributed by atoms with E-state index in [1.807, 2.05) is 17.1 Å². The van der Waals surface area contributed by atoms with Crippen LogP contribution in [0, 0.1) is 0 Å². The summed E-state index contributed by atoms with van der Waals surface area (Å²) >= 11 is 0. The Morgan fingerprint density at radius 3 is 2.76 bits per heavy atom. The minimum absolute atomic E-state index is 0.254. The van der Waals surface area contributed by atoms with Crippen molar-refractivity contribution < 1.29 is 9.47 Å². The zero-order valence-corrected chi connectivity index (χ0v) is 15.3. The predicted molar refractivity (Wildman–Crippen MR) is 100 cm³/mol. The molecule has 6 heteroatoms. The molecule has 3 rings (SSSR count). The maximum absolute atomic E-state index is 5.86. The maximum atomic E-state index is 5.86. The molecule has 2 aromatic rings. The van der Waals surface area contributed by atoms with E-state index < -0.39 is 0 Å². The Balaban J connectivity index is 1.66. The first-order chi connectivity index (χ1) is 12.2. The summed E-state index contributed by atoms with van der Waals surface area (Å²) in [5.41, 5.74) is 3.59. The number of anilines is 2. The summed E-state index contributed by atoms with van der Waals surface area (Å²) in [5, 5.41) is 7.82. The Bertz CT molecular complexity index is 663. The standard InChI is InChI=1S/C19H28N4O2/c1-15-12-22(13-16(2)25-15)19-7-5-4-6-17(19)10-20-18-11-21-23(14-18)8-9-24-3/h4-7,11,14-16,20H,8-10,12-13H2,1-3H3/t15-,16-/m0/s1. The second kappa shape index (κ2) is 8.36. The van der Waals surface area contributed by atoms with Crippen molar-refractivity contribution in [3.8, 4) is 0 Å². The summed E-state index contributed by atoms with van der Waals surface area (Å²) in [6.07, 6.45) is 4.38. The van der Waals surface area contributed by atoms with Gasteiger partial charge in [0.25, 0.3) is 0 Å². The van der Waals surface area contributed by atoms with Crippen LogP contribution < -0.4 is 10.2 Å². The second-order valence-electron chi connectivity index (χ2n) is 6.63. The topological polar surface area (TPSA) is 51.5 Å². The van der Waals surface area contributed by atoms with E-state index in [0.29, 0.717) is 6.61 Å². The molecular formula is C19H28N4O2. The lowest BCUT2D eigenvalue weighted by Crippen LogP contribution is -2.45. The monoisotopic (exact) mass is 344 g/mol. The van der Waals surface area contributed by atoms with E-state index in [-0.39, 0.29) is 12.2 Å². The number of ether oxygens (including phenoxy) is 2. The molecule has 136 valence electrons. The van der Waals surface area contributed by atoms with Crippen LogP contribution in [0.2, 0.25) is 0 Å². The van der Waals surface area contributed by atoms with E-state index in [9.17, 15) is 0 Å². The lowest BCUT2D eigenvalue weighted by molar-refractivity contribution is -0.00525. The normalized spacial score (nSPS) is 20.7. The van der Waals surface area contributed by atoms with Crippen molar-refractivity contribution in [3.63, 3.8) is 0 Å². The number of methoxy groups -OCH3 is 1. The van der Waals surface area contributed by atoms with E-state index in [1.165, 1.54) is 11.3 Å². The Kier molecular flexibility index (Phi) is 5.94. The predicted octanol–water partition coefficient (Wildman–Crippen LogP) is 2.76. The van der Waals surface area contributed by atoms with Crippen LogP contribution in [-0.2, 0) is 22.6 Å². The lowest BCUT2D eigenvalue weighted by Gasteiger charge is -2.37. The van der Waals surface area contributed by atoms with Gasteiger partial charge in [0.1, 0.15) is 0 Å². The molecule has 1 aliphatic heterocycles. The Morgan fingerprint density at radius 1 is 1.24 bits per heavy atom. The number of aromatic nitrogens is 2. The number of benzene rings is 1. The molecule has 0 amide bonds. The number of hydrogen-bond acceptors (Lipinski definition) is 5. The van der Waals surface area contributed by atoms with Gasteiger partial charge in [0.15, 0.2) is 0 Å². The molecule has 0 bridgehead atoms. The number of nitrogens with one attached hydrogen (secondary N) is 1. The molecule has 1 saturated heterocycles. The molecule has 2 atom stereocenters. The fourth-order valence-electron chi connectivity index (χ4n) is 3.30. The summed E-state index contributed by atoms with van der Waals surface area (Å²) in [5.74, 6) is 0. The molecular weight excluding hydrogens is 316 g/mol. The van der Waals surface area contributed by atoms with Gasteiger partial charge in [0.05, 0.1) is 37.2 Å². The summed E-state index contributed by atoms with van der Waals surface area (Å²) < 4.78 is 12.8. The third-order valence-corrected chi connectivity index (χ3v) is 4.39. The minimum atomic E-state index is 0.254. The average molecular weight is 344 g/mol. The van der Waals surface area contributed by atoms with Gasteiger partial charge in [-0.05, 0) is 25.5 Å². The Morgan fingerprint density at radius 2 is 2.00 bits per heavy atom. The quantitative estimate of drug-likeness (QED) is 0.837. The first kappa shape index (κ1) is 17.8. The highest BCUT2D eigenvalue weighted by molar-refractivity contribution is 5.55. The van der Waals surface area contributed by atoms with E-state index in [2.05, 4.69) is 53.4 Å². The highest BCUT2D eigenvalue weighted by atomic mass is 16.5. The SMILES string of the molecule is COCCn1cc(NCc2ccccc2N2C[C@H](C)O[C@@H](C)C2)cn1. The average Bonchev–Trinajstić information content (AvgIpc) is 3.05. The molecule has 1 fully saturated rings. The summed E-state index contributed by atoms with van der Waals surface area (Å²) in [6.45, 7) is 8.32. The first-order valence-electron chi connectivity index (χ1n) is 8.89.